The molecule has 0 fully saturated rings. The maximum Gasteiger partial charge on any atom is 0.251 e. The molecule has 0 radical (unpaired) electrons. The fourth-order valence-electron chi connectivity index (χ4n) is 1.77. The highest BCUT2D eigenvalue weighted by molar-refractivity contribution is 9.10. The van der Waals surface area contributed by atoms with Crippen LogP contribution in [0.3, 0.4) is 0 Å². The molecule has 3 rings (SSSR count). The Morgan fingerprint density at radius 2 is 2.05 bits per heavy atom. The number of hydrogen-bond donors (Lipinski definition) is 1. The Kier molecular flexibility index (Phi) is 3.72. The maximum atomic E-state index is 12.1. The molecule has 1 aromatic carbocycles. The number of rotatable bonds is 4. The number of sulfonamides is 1. The van der Waals surface area contributed by atoms with Crippen LogP contribution >= 0.6 is 27.3 Å². The number of benzene rings is 1. The normalized spacial score (nSPS) is 13.7. The van der Waals surface area contributed by atoms with Crippen LogP contribution < -0.4 is 14.2 Å². The van der Waals surface area contributed by atoms with E-state index in [-0.39, 0.29) is 17.5 Å². The van der Waals surface area contributed by atoms with Crippen LogP contribution in [0.15, 0.2) is 38.3 Å². The van der Waals surface area contributed by atoms with Crippen molar-refractivity contribution in [3.05, 3.63) is 39.7 Å². The lowest BCUT2D eigenvalue weighted by Crippen LogP contribution is -2.22. The zero-order valence-corrected chi connectivity index (χ0v) is 13.3. The van der Waals surface area contributed by atoms with Gasteiger partial charge in [0.05, 0.1) is 0 Å². The fourth-order valence-corrected chi connectivity index (χ4v) is 5.16. The lowest BCUT2D eigenvalue weighted by atomic mass is 10.2. The molecule has 2 aromatic rings. The Bertz CT molecular complexity index is 742. The van der Waals surface area contributed by atoms with Crippen LogP contribution in [0.1, 0.15) is 5.56 Å². The van der Waals surface area contributed by atoms with Crippen LogP contribution in [0, 0.1) is 0 Å². The average molecular weight is 376 g/mol. The Hall–Kier alpha value is -1.09. The lowest BCUT2D eigenvalue weighted by Gasteiger charge is -2.06. The molecule has 0 saturated carbocycles. The zero-order chi connectivity index (χ0) is 14.2. The first-order valence-corrected chi connectivity index (χ1v) is 8.83. The van der Waals surface area contributed by atoms with Gasteiger partial charge < -0.3 is 9.47 Å². The maximum absolute atomic E-state index is 12.1. The summed E-state index contributed by atoms with van der Waals surface area (Å²) in [5, 5.41) is 1.72. The smallest absolute Gasteiger partial charge is 0.251 e. The van der Waals surface area contributed by atoms with Crippen molar-refractivity contribution in [2.24, 2.45) is 0 Å². The van der Waals surface area contributed by atoms with Gasteiger partial charge in [-0.2, -0.15) is 0 Å². The van der Waals surface area contributed by atoms with E-state index >= 15 is 0 Å². The molecular weight excluding hydrogens is 366 g/mol. The minimum atomic E-state index is -3.51. The summed E-state index contributed by atoms with van der Waals surface area (Å²) in [5.41, 5.74) is 0.811. The Morgan fingerprint density at radius 3 is 2.80 bits per heavy atom. The highest BCUT2D eigenvalue weighted by Crippen LogP contribution is 2.33. The van der Waals surface area contributed by atoms with Crippen LogP contribution in [0.4, 0.5) is 0 Å². The summed E-state index contributed by atoms with van der Waals surface area (Å²) < 4.78 is 38.1. The summed E-state index contributed by atoms with van der Waals surface area (Å²) in [5.74, 6) is 1.32. The van der Waals surface area contributed by atoms with Gasteiger partial charge in [0.2, 0.25) is 6.79 Å². The van der Waals surface area contributed by atoms with E-state index in [1.54, 1.807) is 29.6 Å². The standard InChI is InChI=1S/C12H10BrNO4S2/c13-9-3-4-19-12(9)20(15,16)14-6-8-1-2-10-11(5-8)18-7-17-10/h1-5,14H,6-7H2. The largest absolute Gasteiger partial charge is 0.454 e. The molecule has 0 unspecified atom stereocenters. The van der Waals surface area contributed by atoms with Crippen molar-refractivity contribution in [2.75, 3.05) is 6.79 Å². The molecule has 2 heterocycles. The number of ether oxygens (including phenoxy) is 2. The van der Waals surface area contributed by atoms with Crippen LogP contribution in [0.25, 0.3) is 0 Å². The first-order valence-electron chi connectivity index (χ1n) is 5.67. The first-order chi connectivity index (χ1) is 9.56. The van der Waals surface area contributed by atoms with Crippen molar-refractivity contribution in [1.82, 2.24) is 4.72 Å². The number of halogens is 1. The van der Waals surface area contributed by atoms with E-state index in [1.807, 2.05) is 0 Å². The van der Waals surface area contributed by atoms with E-state index in [0.29, 0.717) is 16.0 Å². The molecule has 20 heavy (non-hydrogen) atoms. The second-order valence-electron chi connectivity index (χ2n) is 4.07. The van der Waals surface area contributed by atoms with Gasteiger partial charge >= 0.3 is 0 Å². The van der Waals surface area contributed by atoms with E-state index < -0.39 is 10.0 Å². The highest BCUT2D eigenvalue weighted by Gasteiger charge is 2.19. The Morgan fingerprint density at radius 1 is 1.25 bits per heavy atom. The van der Waals surface area contributed by atoms with Crippen LogP contribution in [0.2, 0.25) is 0 Å². The van der Waals surface area contributed by atoms with Gasteiger partial charge in [0.25, 0.3) is 10.0 Å². The monoisotopic (exact) mass is 375 g/mol. The van der Waals surface area contributed by atoms with Crippen LogP contribution in [-0.2, 0) is 16.6 Å². The fraction of sp³-hybridized carbons (Fsp3) is 0.167. The van der Waals surface area contributed by atoms with Gasteiger partial charge in [-0.1, -0.05) is 6.07 Å². The van der Waals surface area contributed by atoms with E-state index in [9.17, 15) is 8.42 Å². The molecule has 8 heteroatoms. The van der Waals surface area contributed by atoms with Gasteiger partial charge in [-0.15, -0.1) is 11.3 Å². The predicted molar refractivity (Wildman–Crippen MR) is 78.6 cm³/mol. The zero-order valence-electron chi connectivity index (χ0n) is 10.1. The Labute approximate surface area is 128 Å². The van der Waals surface area contributed by atoms with Crippen molar-refractivity contribution < 1.29 is 17.9 Å². The minimum absolute atomic E-state index is 0.198. The molecule has 1 aromatic heterocycles. The molecule has 0 spiro atoms. The van der Waals surface area contributed by atoms with Crippen molar-refractivity contribution in [3.8, 4) is 11.5 Å². The van der Waals surface area contributed by atoms with Gasteiger partial charge in [-0.25, -0.2) is 13.1 Å². The molecule has 5 nitrogen and oxygen atoms in total. The summed E-state index contributed by atoms with van der Waals surface area (Å²) in [6.07, 6.45) is 0. The molecule has 1 N–H and O–H groups in total. The molecule has 106 valence electrons. The average Bonchev–Trinajstić information content (AvgIpc) is 3.04. The first kappa shape index (κ1) is 13.9. The predicted octanol–water partition coefficient (Wildman–Crippen LogP) is 2.72. The summed E-state index contributed by atoms with van der Waals surface area (Å²) in [6.45, 7) is 0.399. The molecular formula is C12H10BrNO4S2. The molecule has 1 aliphatic rings. The van der Waals surface area contributed by atoms with Crippen molar-refractivity contribution in [3.63, 3.8) is 0 Å². The number of fused-ring (bicyclic) bond motifs is 1. The topological polar surface area (TPSA) is 64.6 Å². The number of hydrogen-bond acceptors (Lipinski definition) is 5. The quantitative estimate of drug-likeness (QED) is 0.891. The van der Waals surface area contributed by atoms with Gasteiger partial charge in [0, 0.05) is 11.0 Å². The minimum Gasteiger partial charge on any atom is -0.454 e. The third-order valence-corrected chi connectivity index (χ3v) is 6.80. The van der Waals surface area contributed by atoms with Crippen molar-refractivity contribution in [2.45, 2.75) is 10.8 Å². The summed E-state index contributed by atoms with van der Waals surface area (Å²) in [4.78, 5) is 0. The molecule has 0 amide bonds. The van der Waals surface area contributed by atoms with Crippen molar-refractivity contribution in [1.29, 1.82) is 0 Å². The van der Waals surface area contributed by atoms with E-state index in [1.165, 1.54) is 11.3 Å². The second-order valence-corrected chi connectivity index (χ2v) is 7.80. The molecule has 1 aliphatic heterocycles. The van der Waals surface area contributed by atoms with Crippen molar-refractivity contribution >= 4 is 37.3 Å². The van der Waals surface area contributed by atoms with E-state index in [4.69, 9.17) is 9.47 Å². The van der Waals surface area contributed by atoms with E-state index in [0.717, 1.165) is 5.56 Å². The van der Waals surface area contributed by atoms with Gasteiger partial charge in [-0.3, -0.25) is 0 Å². The third-order valence-electron chi connectivity index (χ3n) is 2.73. The Balaban J connectivity index is 1.75. The second kappa shape index (κ2) is 5.36. The molecule has 0 atom stereocenters. The summed E-state index contributed by atoms with van der Waals surface area (Å²) in [6, 6.07) is 7.06. The molecule has 0 saturated heterocycles. The van der Waals surface area contributed by atoms with Crippen LogP contribution in [-0.4, -0.2) is 15.2 Å². The summed E-state index contributed by atoms with van der Waals surface area (Å²) >= 11 is 4.39. The molecule has 0 aliphatic carbocycles. The van der Waals surface area contributed by atoms with Crippen LogP contribution in [0.5, 0.6) is 11.5 Å². The SMILES string of the molecule is O=S(=O)(NCc1ccc2c(c1)OCO2)c1sccc1Br. The third kappa shape index (κ3) is 2.69. The van der Waals surface area contributed by atoms with Gasteiger partial charge in [0.1, 0.15) is 4.21 Å². The van der Waals surface area contributed by atoms with Gasteiger partial charge in [-0.05, 0) is 45.1 Å². The van der Waals surface area contributed by atoms with Gasteiger partial charge in [0.15, 0.2) is 11.5 Å². The van der Waals surface area contributed by atoms with E-state index in [2.05, 4.69) is 20.7 Å². The summed E-state index contributed by atoms with van der Waals surface area (Å²) in [7, 11) is -3.51. The highest BCUT2D eigenvalue weighted by atomic mass is 79.9. The molecule has 0 bridgehead atoms. The number of thiophene rings is 1. The lowest BCUT2D eigenvalue weighted by molar-refractivity contribution is 0.174. The number of nitrogens with one attached hydrogen (secondary N) is 1.